The molecule has 0 bridgehead atoms. The van der Waals surface area contributed by atoms with Crippen LogP contribution in [0.15, 0.2) is 51.9 Å². The summed E-state index contributed by atoms with van der Waals surface area (Å²) >= 11 is 6.11. The smallest absolute Gasteiger partial charge is 0.243 e. The second-order valence-electron chi connectivity index (χ2n) is 6.96. The first-order valence-electron chi connectivity index (χ1n) is 9.31. The summed E-state index contributed by atoms with van der Waals surface area (Å²) in [5, 5.41) is 4.19. The Morgan fingerprint density at radius 1 is 1.23 bits per heavy atom. The highest BCUT2D eigenvalue weighted by molar-refractivity contribution is 7.89. The summed E-state index contributed by atoms with van der Waals surface area (Å²) in [7, 11) is -2.27. The summed E-state index contributed by atoms with van der Waals surface area (Å²) < 4.78 is 51.2. The van der Waals surface area contributed by atoms with Gasteiger partial charge in [0.1, 0.15) is 11.6 Å². The first kappa shape index (κ1) is 20.8. The Kier molecular flexibility index (Phi) is 5.77. The van der Waals surface area contributed by atoms with Gasteiger partial charge in [0.05, 0.1) is 22.9 Å². The molecule has 4 rings (SSSR count). The Morgan fingerprint density at radius 3 is 2.70 bits per heavy atom. The van der Waals surface area contributed by atoms with Gasteiger partial charge in [0.15, 0.2) is 0 Å². The van der Waals surface area contributed by atoms with Gasteiger partial charge in [0.2, 0.25) is 21.7 Å². The normalized spacial score (nSPS) is 17.8. The quantitative estimate of drug-likeness (QED) is 0.580. The number of sulfonamides is 1. The van der Waals surface area contributed by atoms with Gasteiger partial charge in [-0.1, -0.05) is 16.8 Å². The van der Waals surface area contributed by atoms with E-state index in [9.17, 15) is 12.8 Å². The first-order valence-corrected chi connectivity index (χ1v) is 11.1. The molecule has 0 radical (unpaired) electrons. The fraction of sp³-hybridized carbons (Fsp3) is 0.300. The van der Waals surface area contributed by atoms with Crippen LogP contribution in [0.4, 0.5) is 4.39 Å². The summed E-state index contributed by atoms with van der Waals surface area (Å²) in [6, 6.07) is 10.2. The Balaban J connectivity index is 1.54. The zero-order valence-corrected chi connectivity index (χ0v) is 17.7. The molecule has 1 aliphatic heterocycles. The number of hydrogen-bond acceptors (Lipinski definition) is 6. The van der Waals surface area contributed by atoms with Crippen LogP contribution in [-0.2, 0) is 10.0 Å². The molecule has 158 valence electrons. The van der Waals surface area contributed by atoms with Crippen molar-refractivity contribution in [1.29, 1.82) is 0 Å². The third-order valence-corrected chi connectivity index (χ3v) is 7.20. The van der Waals surface area contributed by atoms with Crippen molar-refractivity contribution in [3.8, 4) is 17.1 Å². The van der Waals surface area contributed by atoms with Crippen molar-refractivity contribution in [1.82, 2.24) is 14.4 Å². The molecule has 0 saturated carbocycles. The minimum absolute atomic E-state index is 0.103. The van der Waals surface area contributed by atoms with E-state index in [4.69, 9.17) is 20.9 Å². The van der Waals surface area contributed by atoms with E-state index in [0.717, 1.165) is 6.42 Å². The van der Waals surface area contributed by atoms with Crippen LogP contribution in [0.25, 0.3) is 11.4 Å². The van der Waals surface area contributed by atoms with Crippen molar-refractivity contribution in [2.45, 2.75) is 23.7 Å². The lowest BCUT2D eigenvalue weighted by Crippen LogP contribution is -2.39. The molecule has 10 heteroatoms. The highest BCUT2D eigenvalue weighted by Crippen LogP contribution is 2.33. The number of ether oxygens (including phenoxy) is 1. The summed E-state index contributed by atoms with van der Waals surface area (Å²) in [4.78, 5) is 4.50. The predicted molar refractivity (Wildman–Crippen MR) is 108 cm³/mol. The number of piperidine rings is 1. The molecule has 1 aliphatic rings. The summed E-state index contributed by atoms with van der Waals surface area (Å²) in [5.74, 6) is 0.526. The molecule has 0 aliphatic carbocycles. The maximum absolute atomic E-state index is 13.1. The minimum atomic E-state index is -3.74. The second-order valence-corrected chi connectivity index (χ2v) is 9.31. The number of nitrogens with zero attached hydrogens (tertiary/aromatic N) is 3. The lowest BCUT2D eigenvalue weighted by Gasteiger charge is -2.30. The average Bonchev–Trinajstić information content (AvgIpc) is 3.24. The summed E-state index contributed by atoms with van der Waals surface area (Å²) in [6.45, 7) is 0.610. The van der Waals surface area contributed by atoms with Crippen LogP contribution in [0.2, 0.25) is 5.02 Å². The van der Waals surface area contributed by atoms with Gasteiger partial charge < -0.3 is 9.26 Å². The average molecular weight is 452 g/mol. The van der Waals surface area contributed by atoms with Gasteiger partial charge in [-0.2, -0.15) is 9.29 Å². The maximum atomic E-state index is 13.1. The third-order valence-electron chi connectivity index (χ3n) is 5.04. The van der Waals surface area contributed by atoms with Crippen LogP contribution in [0, 0.1) is 5.82 Å². The summed E-state index contributed by atoms with van der Waals surface area (Å²) in [6.07, 6.45) is 1.38. The van der Waals surface area contributed by atoms with E-state index < -0.39 is 10.0 Å². The number of methoxy groups -OCH3 is 1. The monoisotopic (exact) mass is 451 g/mol. The largest absolute Gasteiger partial charge is 0.495 e. The van der Waals surface area contributed by atoms with E-state index >= 15 is 0 Å². The molecule has 2 aromatic carbocycles. The molecule has 1 saturated heterocycles. The molecule has 2 heterocycles. The fourth-order valence-corrected chi connectivity index (χ4v) is 5.31. The van der Waals surface area contributed by atoms with Gasteiger partial charge in [-0.05, 0) is 55.3 Å². The van der Waals surface area contributed by atoms with Gasteiger partial charge in [0, 0.05) is 18.7 Å². The van der Waals surface area contributed by atoms with E-state index in [0.29, 0.717) is 36.0 Å². The summed E-state index contributed by atoms with van der Waals surface area (Å²) in [5.41, 5.74) is 0.625. The third kappa shape index (κ3) is 4.05. The molecule has 30 heavy (non-hydrogen) atoms. The SMILES string of the molecule is COc1ccc(S(=O)(=O)N2CCCC(c3nc(-c4ccc(F)cc4)no3)C2)cc1Cl. The molecule has 3 aromatic rings. The number of benzene rings is 2. The van der Waals surface area contributed by atoms with Gasteiger partial charge in [-0.15, -0.1) is 0 Å². The van der Waals surface area contributed by atoms with E-state index in [-0.39, 0.29) is 28.2 Å². The lowest BCUT2D eigenvalue weighted by atomic mass is 10.00. The minimum Gasteiger partial charge on any atom is -0.495 e. The van der Waals surface area contributed by atoms with Crippen molar-refractivity contribution >= 4 is 21.6 Å². The van der Waals surface area contributed by atoms with E-state index in [1.807, 2.05) is 0 Å². The van der Waals surface area contributed by atoms with Crippen molar-refractivity contribution in [2.75, 3.05) is 20.2 Å². The molecule has 1 fully saturated rings. The lowest BCUT2D eigenvalue weighted by molar-refractivity contribution is 0.265. The van der Waals surface area contributed by atoms with Gasteiger partial charge in [-0.25, -0.2) is 12.8 Å². The molecule has 1 atom stereocenters. The second kappa shape index (κ2) is 8.33. The number of rotatable bonds is 5. The Hall–Kier alpha value is -2.49. The van der Waals surface area contributed by atoms with Crippen molar-refractivity contribution in [2.24, 2.45) is 0 Å². The van der Waals surface area contributed by atoms with Crippen LogP contribution in [0.3, 0.4) is 0 Å². The van der Waals surface area contributed by atoms with Crippen LogP contribution in [-0.4, -0.2) is 43.1 Å². The van der Waals surface area contributed by atoms with Crippen LogP contribution < -0.4 is 4.74 Å². The van der Waals surface area contributed by atoms with E-state index in [1.54, 1.807) is 12.1 Å². The van der Waals surface area contributed by atoms with Crippen molar-refractivity contribution in [3.63, 3.8) is 0 Å². The predicted octanol–water partition coefficient (Wildman–Crippen LogP) is 4.11. The van der Waals surface area contributed by atoms with Gasteiger partial charge in [-0.3, -0.25) is 0 Å². The molecular weight excluding hydrogens is 433 g/mol. The highest BCUT2D eigenvalue weighted by atomic mass is 35.5. The fourth-order valence-electron chi connectivity index (χ4n) is 3.44. The molecule has 7 nitrogen and oxygen atoms in total. The molecular formula is C20H19ClFN3O4S. The number of halogens is 2. The molecule has 1 unspecified atom stereocenters. The zero-order valence-electron chi connectivity index (χ0n) is 16.1. The highest BCUT2D eigenvalue weighted by Gasteiger charge is 2.33. The standard InChI is InChI=1S/C20H19ClFN3O4S/c1-28-18-9-8-16(11-17(18)21)30(26,27)25-10-2-3-14(12-25)20-23-19(24-29-20)13-4-6-15(22)7-5-13/h4-9,11,14H,2-3,10,12H2,1H3. The molecule has 0 N–H and O–H groups in total. The van der Waals surface area contributed by atoms with E-state index in [2.05, 4.69) is 10.1 Å². The zero-order chi connectivity index (χ0) is 21.3. The van der Waals surface area contributed by atoms with Gasteiger partial charge >= 0.3 is 0 Å². The Bertz CT molecular complexity index is 1150. The van der Waals surface area contributed by atoms with E-state index in [1.165, 1.54) is 41.7 Å². The van der Waals surface area contributed by atoms with Crippen LogP contribution in [0.5, 0.6) is 5.75 Å². The molecule has 0 amide bonds. The maximum Gasteiger partial charge on any atom is 0.243 e. The number of aromatic nitrogens is 2. The topological polar surface area (TPSA) is 85.5 Å². The molecule has 1 aromatic heterocycles. The van der Waals surface area contributed by atoms with Crippen molar-refractivity contribution in [3.05, 3.63) is 59.2 Å². The van der Waals surface area contributed by atoms with Crippen molar-refractivity contribution < 1.29 is 22.1 Å². The Labute approximate surface area is 178 Å². The first-order chi connectivity index (χ1) is 14.4. The Morgan fingerprint density at radius 2 is 2.00 bits per heavy atom. The number of hydrogen-bond donors (Lipinski definition) is 0. The van der Waals surface area contributed by atoms with Crippen LogP contribution in [0.1, 0.15) is 24.7 Å². The molecule has 0 spiro atoms. The van der Waals surface area contributed by atoms with Gasteiger partial charge in [0.25, 0.3) is 0 Å². The van der Waals surface area contributed by atoms with Crippen LogP contribution >= 0.6 is 11.6 Å².